The van der Waals surface area contributed by atoms with Gasteiger partial charge in [0.15, 0.2) is 0 Å². The Labute approximate surface area is 142 Å². The van der Waals surface area contributed by atoms with Crippen LogP contribution >= 0.6 is 0 Å². The monoisotopic (exact) mass is 353 g/mol. The normalized spacial score (nSPS) is 11.6. The molecule has 0 aliphatic carbocycles. The van der Waals surface area contributed by atoms with Crippen LogP contribution in [0.2, 0.25) is 0 Å². The second kappa shape index (κ2) is 8.81. The Kier molecular flexibility index (Phi) is 6.77. The molecule has 0 aliphatic rings. The number of aryl methyl sites for hydroxylation is 1. The van der Waals surface area contributed by atoms with Gasteiger partial charge in [0.05, 0.1) is 17.7 Å². The van der Waals surface area contributed by atoms with Crippen LogP contribution in [-0.2, 0) is 28.2 Å². The molecule has 0 saturated heterocycles. The van der Waals surface area contributed by atoms with Crippen LogP contribution in [0.4, 0.5) is 0 Å². The predicted octanol–water partition coefficient (Wildman–Crippen LogP) is 1.36. The minimum absolute atomic E-state index is 0.214. The molecule has 0 spiro atoms. The van der Waals surface area contributed by atoms with E-state index >= 15 is 0 Å². The van der Waals surface area contributed by atoms with Gasteiger partial charge < -0.3 is 9.47 Å². The molecule has 1 N–H and O–H groups in total. The van der Waals surface area contributed by atoms with Gasteiger partial charge in [-0.3, -0.25) is 4.68 Å². The topological polar surface area (TPSA) is 82.4 Å². The van der Waals surface area contributed by atoms with E-state index in [1.165, 1.54) is 12.1 Å². The zero-order valence-corrected chi connectivity index (χ0v) is 14.8. The van der Waals surface area contributed by atoms with Crippen molar-refractivity contribution < 1.29 is 17.9 Å². The first-order valence-electron chi connectivity index (χ1n) is 7.79. The van der Waals surface area contributed by atoms with Crippen LogP contribution in [0.3, 0.4) is 0 Å². The molecule has 7 nitrogen and oxygen atoms in total. The van der Waals surface area contributed by atoms with E-state index in [0.29, 0.717) is 38.5 Å². The highest BCUT2D eigenvalue weighted by Gasteiger charge is 2.13. The van der Waals surface area contributed by atoms with Gasteiger partial charge in [0, 0.05) is 26.4 Å². The fourth-order valence-corrected chi connectivity index (χ4v) is 3.12. The third-order valence-electron chi connectivity index (χ3n) is 3.30. The molecule has 0 aliphatic heterocycles. The molecule has 1 heterocycles. The van der Waals surface area contributed by atoms with Gasteiger partial charge in [-0.05, 0) is 43.2 Å². The van der Waals surface area contributed by atoms with Gasteiger partial charge in [0.1, 0.15) is 12.4 Å². The van der Waals surface area contributed by atoms with E-state index in [1.54, 1.807) is 23.0 Å². The standard InChI is InChI=1S/C16H23N3O4S/c1-3-22-10-11-23-15-4-6-16(7-5-15)24(20,21)18-9-8-14-12-17-19(2)13-14/h4-7,12-13,18H,3,8-11H2,1-2H3. The predicted molar refractivity (Wildman–Crippen MR) is 90.5 cm³/mol. The molecule has 0 saturated carbocycles. The Hall–Kier alpha value is -1.90. The van der Waals surface area contributed by atoms with Crippen LogP contribution in [0.5, 0.6) is 5.75 Å². The van der Waals surface area contributed by atoms with Crippen molar-refractivity contribution in [3.63, 3.8) is 0 Å². The maximum atomic E-state index is 12.2. The zero-order chi connectivity index (χ0) is 17.4. The molecule has 1 aromatic carbocycles. The smallest absolute Gasteiger partial charge is 0.240 e. The first kappa shape index (κ1) is 18.4. The molecule has 1 aromatic heterocycles. The van der Waals surface area contributed by atoms with Crippen molar-refractivity contribution in [2.45, 2.75) is 18.2 Å². The lowest BCUT2D eigenvalue weighted by Gasteiger charge is -2.09. The fourth-order valence-electron chi connectivity index (χ4n) is 2.09. The number of benzene rings is 1. The van der Waals surface area contributed by atoms with Crippen LogP contribution < -0.4 is 9.46 Å². The summed E-state index contributed by atoms with van der Waals surface area (Å²) >= 11 is 0. The van der Waals surface area contributed by atoms with Crippen molar-refractivity contribution in [3.05, 3.63) is 42.2 Å². The highest BCUT2D eigenvalue weighted by atomic mass is 32.2. The summed E-state index contributed by atoms with van der Waals surface area (Å²) in [4.78, 5) is 0.214. The Bertz CT molecular complexity index is 726. The summed E-state index contributed by atoms with van der Waals surface area (Å²) in [5.41, 5.74) is 0.984. The number of hydrogen-bond acceptors (Lipinski definition) is 5. The van der Waals surface area contributed by atoms with E-state index in [-0.39, 0.29) is 4.90 Å². The number of aromatic nitrogens is 2. The van der Waals surface area contributed by atoms with E-state index in [4.69, 9.17) is 9.47 Å². The van der Waals surface area contributed by atoms with Crippen molar-refractivity contribution in [3.8, 4) is 5.75 Å². The molecule has 0 atom stereocenters. The van der Waals surface area contributed by atoms with Crippen LogP contribution in [0.15, 0.2) is 41.6 Å². The molecule has 8 heteroatoms. The van der Waals surface area contributed by atoms with E-state index in [0.717, 1.165) is 5.56 Å². The highest BCUT2D eigenvalue weighted by Crippen LogP contribution is 2.15. The first-order valence-corrected chi connectivity index (χ1v) is 9.27. The molecule has 0 unspecified atom stereocenters. The van der Waals surface area contributed by atoms with Crippen molar-refractivity contribution in [2.75, 3.05) is 26.4 Å². The number of nitrogens with one attached hydrogen (secondary N) is 1. The van der Waals surface area contributed by atoms with Gasteiger partial charge in [-0.25, -0.2) is 13.1 Å². The van der Waals surface area contributed by atoms with Crippen molar-refractivity contribution >= 4 is 10.0 Å². The van der Waals surface area contributed by atoms with Crippen molar-refractivity contribution in [1.29, 1.82) is 0 Å². The van der Waals surface area contributed by atoms with Gasteiger partial charge in [0.2, 0.25) is 10.0 Å². The third kappa shape index (κ3) is 5.63. The molecule has 0 bridgehead atoms. The number of hydrogen-bond donors (Lipinski definition) is 1. The van der Waals surface area contributed by atoms with Crippen LogP contribution in [0.25, 0.3) is 0 Å². The largest absolute Gasteiger partial charge is 0.491 e. The van der Waals surface area contributed by atoms with Crippen LogP contribution in [0, 0.1) is 0 Å². The average molecular weight is 353 g/mol. The molecule has 24 heavy (non-hydrogen) atoms. The summed E-state index contributed by atoms with van der Waals surface area (Å²) in [5.74, 6) is 0.615. The van der Waals surface area contributed by atoms with Crippen molar-refractivity contribution in [2.24, 2.45) is 7.05 Å². The van der Waals surface area contributed by atoms with Gasteiger partial charge >= 0.3 is 0 Å². The lowest BCUT2D eigenvalue weighted by molar-refractivity contribution is 0.110. The summed E-state index contributed by atoms with van der Waals surface area (Å²) in [6.45, 7) is 3.82. The van der Waals surface area contributed by atoms with E-state index in [1.807, 2.05) is 20.2 Å². The number of sulfonamides is 1. The van der Waals surface area contributed by atoms with Gasteiger partial charge in [-0.15, -0.1) is 0 Å². The lowest BCUT2D eigenvalue weighted by Crippen LogP contribution is -2.25. The first-order chi connectivity index (χ1) is 11.5. The molecule has 132 valence electrons. The van der Waals surface area contributed by atoms with Gasteiger partial charge in [-0.1, -0.05) is 0 Å². The molecule has 2 rings (SSSR count). The third-order valence-corrected chi connectivity index (χ3v) is 4.78. The lowest BCUT2D eigenvalue weighted by atomic mass is 10.3. The SMILES string of the molecule is CCOCCOc1ccc(S(=O)(=O)NCCc2cnn(C)c2)cc1. The molecule has 0 amide bonds. The molecule has 0 fully saturated rings. The molecular weight excluding hydrogens is 330 g/mol. The van der Waals surface area contributed by atoms with Crippen LogP contribution in [0.1, 0.15) is 12.5 Å². The Morgan fingerprint density at radius 1 is 1.21 bits per heavy atom. The second-order valence-electron chi connectivity index (χ2n) is 5.19. The van der Waals surface area contributed by atoms with E-state index in [2.05, 4.69) is 9.82 Å². The summed E-state index contributed by atoms with van der Waals surface area (Å²) in [6, 6.07) is 6.34. The van der Waals surface area contributed by atoms with Gasteiger partial charge in [-0.2, -0.15) is 5.10 Å². The average Bonchev–Trinajstić information content (AvgIpc) is 2.97. The minimum Gasteiger partial charge on any atom is -0.491 e. The second-order valence-corrected chi connectivity index (χ2v) is 6.95. The van der Waals surface area contributed by atoms with Crippen LogP contribution in [-0.4, -0.2) is 44.6 Å². The highest BCUT2D eigenvalue weighted by molar-refractivity contribution is 7.89. The van der Waals surface area contributed by atoms with Gasteiger partial charge in [0.25, 0.3) is 0 Å². The maximum Gasteiger partial charge on any atom is 0.240 e. The summed E-state index contributed by atoms with van der Waals surface area (Å²) < 4.78 is 39.4. The summed E-state index contributed by atoms with van der Waals surface area (Å²) in [6.07, 6.45) is 4.18. The quantitative estimate of drug-likeness (QED) is 0.652. The summed E-state index contributed by atoms with van der Waals surface area (Å²) in [7, 11) is -1.70. The van der Waals surface area contributed by atoms with E-state index in [9.17, 15) is 8.42 Å². The van der Waals surface area contributed by atoms with E-state index < -0.39 is 10.0 Å². The number of ether oxygens (including phenoxy) is 2. The molecule has 0 radical (unpaired) electrons. The zero-order valence-electron chi connectivity index (χ0n) is 13.9. The number of rotatable bonds is 10. The fraction of sp³-hybridized carbons (Fsp3) is 0.438. The Balaban J connectivity index is 1.84. The van der Waals surface area contributed by atoms with Crippen molar-refractivity contribution in [1.82, 2.24) is 14.5 Å². The molecular formula is C16H23N3O4S. The maximum absolute atomic E-state index is 12.2. The molecule has 2 aromatic rings. The minimum atomic E-state index is -3.53. The number of nitrogens with zero attached hydrogens (tertiary/aromatic N) is 2. The Morgan fingerprint density at radius 3 is 2.58 bits per heavy atom. The summed E-state index contributed by atoms with van der Waals surface area (Å²) in [5, 5.41) is 4.05. The Morgan fingerprint density at radius 2 is 1.96 bits per heavy atom.